The first-order valence-electron chi connectivity index (χ1n) is 9.31. The Kier molecular flexibility index (Phi) is 6.93. The van der Waals surface area contributed by atoms with Gasteiger partial charge in [-0.3, -0.25) is 0 Å². The van der Waals surface area contributed by atoms with Crippen LogP contribution >= 0.6 is 0 Å². The average Bonchev–Trinajstić information content (AvgIpc) is 2.70. The van der Waals surface area contributed by atoms with Crippen molar-refractivity contribution in [1.82, 2.24) is 9.62 Å². The van der Waals surface area contributed by atoms with E-state index in [0.717, 1.165) is 13.0 Å². The molecular formula is C21H25FN2O3S. The van der Waals surface area contributed by atoms with Crippen LogP contribution in [0.3, 0.4) is 0 Å². The van der Waals surface area contributed by atoms with Gasteiger partial charge in [0.1, 0.15) is 28.9 Å². The molecule has 1 saturated heterocycles. The number of carbonyl (C=O) groups excluding carboxylic acids is 1. The summed E-state index contributed by atoms with van der Waals surface area (Å²) >= 11 is 0. The number of likely N-dealkylation sites (N-methyl/N-ethyl adjacent to an activating group) is 1. The molecule has 1 aliphatic heterocycles. The molecule has 5 nitrogen and oxygen atoms in total. The van der Waals surface area contributed by atoms with E-state index in [1.54, 1.807) is 24.3 Å². The summed E-state index contributed by atoms with van der Waals surface area (Å²) in [5.74, 6) is -0.667. The van der Waals surface area contributed by atoms with Crippen LogP contribution in [0.25, 0.3) is 0 Å². The van der Waals surface area contributed by atoms with E-state index in [0.29, 0.717) is 17.0 Å². The fourth-order valence-corrected chi connectivity index (χ4v) is 4.17. The van der Waals surface area contributed by atoms with Crippen LogP contribution in [0.2, 0.25) is 0 Å². The lowest BCUT2D eigenvalue weighted by Gasteiger charge is -2.35. The highest BCUT2D eigenvalue weighted by Gasteiger charge is 2.32. The Morgan fingerprint density at radius 2 is 1.89 bits per heavy atom. The molecule has 0 bridgehead atoms. The third kappa shape index (κ3) is 5.25. The minimum atomic E-state index is -1.62. The number of halogens is 1. The van der Waals surface area contributed by atoms with Gasteiger partial charge in [0.15, 0.2) is 0 Å². The van der Waals surface area contributed by atoms with Crippen LogP contribution in [0.4, 0.5) is 4.39 Å². The van der Waals surface area contributed by atoms with Crippen LogP contribution < -0.4 is 4.72 Å². The Labute approximate surface area is 167 Å². The predicted molar refractivity (Wildman–Crippen MR) is 106 cm³/mol. The molecular weight excluding hydrogens is 379 g/mol. The van der Waals surface area contributed by atoms with Gasteiger partial charge >= 0.3 is 5.97 Å². The third-order valence-electron chi connectivity index (χ3n) is 4.98. The molecule has 0 aliphatic carbocycles. The lowest BCUT2D eigenvalue weighted by atomic mass is 9.96. The lowest BCUT2D eigenvalue weighted by Crippen LogP contribution is -2.45. The van der Waals surface area contributed by atoms with Crippen molar-refractivity contribution in [3.63, 3.8) is 0 Å². The molecule has 1 N–H and O–H groups in total. The van der Waals surface area contributed by atoms with E-state index >= 15 is 0 Å². The van der Waals surface area contributed by atoms with E-state index in [1.807, 2.05) is 13.1 Å². The highest BCUT2D eigenvalue weighted by atomic mass is 32.2. The normalized spacial score (nSPS) is 22.4. The van der Waals surface area contributed by atoms with Crippen LogP contribution in [0.15, 0.2) is 59.5 Å². The van der Waals surface area contributed by atoms with E-state index < -0.39 is 28.8 Å². The number of carbonyl (C=O) groups is 1. The second kappa shape index (κ2) is 9.41. The van der Waals surface area contributed by atoms with Gasteiger partial charge in [-0.2, -0.15) is 0 Å². The maximum Gasteiger partial charge on any atom is 0.329 e. The van der Waals surface area contributed by atoms with Crippen molar-refractivity contribution in [3.8, 4) is 0 Å². The van der Waals surface area contributed by atoms with Crippen LogP contribution in [0.1, 0.15) is 24.9 Å². The fraction of sp³-hybridized carbons (Fsp3) is 0.381. The Hall–Kier alpha value is -2.09. The summed E-state index contributed by atoms with van der Waals surface area (Å²) in [5.41, 5.74) is 0.507. The van der Waals surface area contributed by atoms with Crippen molar-refractivity contribution in [2.45, 2.75) is 30.4 Å². The first-order valence-corrected chi connectivity index (χ1v) is 10.5. The summed E-state index contributed by atoms with van der Waals surface area (Å²) in [4.78, 5) is 15.7. The quantitative estimate of drug-likeness (QED) is 0.752. The zero-order chi connectivity index (χ0) is 20.1. The standard InChI is InChI=1S/C21H25FN2O3S/c1-15-12-13-24(2)14-19(15)27-21(25)20(16-8-10-17(22)11-9-16)23-28(26)18-6-4-3-5-7-18/h3-11,15,19-20,23H,12-14H2,1-2H3/t15?,19-,20?,28?/m0/s1. The number of ether oxygens (including phenoxy) is 1. The molecule has 1 aliphatic rings. The highest BCUT2D eigenvalue weighted by Crippen LogP contribution is 2.23. The summed E-state index contributed by atoms with van der Waals surface area (Å²) in [5, 5.41) is 0. The van der Waals surface area contributed by atoms with Crippen molar-refractivity contribution in [3.05, 3.63) is 66.0 Å². The molecule has 1 fully saturated rings. The molecule has 0 radical (unpaired) electrons. The predicted octanol–water partition coefficient (Wildman–Crippen LogP) is 3.06. The van der Waals surface area contributed by atoms with Crippen LogP contribution in [-0.2, 0) is 20.5 Å². The van der Waals surface area contributed by atoms with Crippen molar-refractivity contribution in [2.75, 3.05) is 20.1 Å². The Morgan fingerprint density at radius 3 is 2.57 bits per heavy atom. The number of nitrogens with one attached hydrogen (secondary N) is 1. The fourth-order valence-electron chi connectivity index (χ4n) is 3.19. The molecule has 0 spiro atoms. The third-order valence-corrected chi connectivity index (χ3v) is 6.13. The number of esters is 1. The highest BCUT2D eigenvalue weighted by molar-refractivity contribution is 7.83. The molecule has 1 heterocycles. The molecule has 3 unspecified atom stereocenters. The topological polar surface area (TPSA) is 58.6 Å². The van der Waals surface area contributed by atoms with Crippen molar-refractivity contribution < 1.29 is 18.1 Å². The molecule has 28 heavy (non-hydrogen) atoms. The summed E-state index contributed by atoms with van der Waals surface area (Å²) < 4.78 is 34.7. The molecule has 3 rings (SSSR count). The van der Waals surface area contributed by atoms with Gasteiger partial charge in [0, 0.05) is 6.54 Å². The van der Waals surface area contributed by atoms with Crippen molar-refractivity contribution in [2.24, 2.45) is 5.92 Å². The average molecular weight is 405 g/mol. The van der Waals surface area contributed by atoms with Crippen LogP contribution in [-0.4, -0.2) is 41.3 Å². The second-order valence-corrected chi connectivity index (χ2v) is 8.43. The molecule has 7 heteroatoms. The maximum absolute atomic E-state index is 13.3. The van der Waals surface area contributed by atoms with Gasteiger partial charge in [-0.05, 0) is 55.8 Å². The number of rotatable bonds is 6. The largest absolute Gasteiger partial charge is 0.459 e. The zero-order valence-electron chi connectivity index (χ0n) is 16.0. The van der Waals surface area contributed by atoms with Gasteiger partial charge in [0.05, 0.1) is 4.90 Å². The molecule has 2 aromatic carbocycles. The molecule has 0 amide bonds. The van der Waals surface area contributed by atoms with E-state index in [-0.39, 0.29) is 12.0 Å². The summed E-state index contributed by atoms with van der Waals surface area (Å²) in [7, 11) is 0.376. The van der Waals surface area contributed by atoms with Gasteiger partial charge in [-0.25, -0.2) is 18.1 Å². The molecule has 2 aromatic rings. The van der Waals surface area contributed by atoms with Crippen LogP contribution in [0.5, 0.6) is 0 Å². The van der Waals surface area contributed by atoms with E-state index in [1.165, 1.54) is 24.3 Å². The SMILES string of the molecule is CC1CCN(C)C[C@@H]1OC(=O)C(NS(=O)c1ccccc1)c1ccc(F)cc1. The van der Waals surface area contributed by atoms with Gasteiger partial charge in [-0.15, -0.1) is 0 Å². The van der Waals surface area contributed by atoms with Gasteiger partial charge in [-0.1, -0.05) is 37.3 Å². The van der Waals surface area contributed by atoms with Crippen LogP contribution in [0, 0.1) is 11.7 Å². The molecule has 4 atom stereocenters. The maximum atomic E-state index is 13.3. The smallest absolute Gasteiger partial charge is 0.329 e. The van der Waals surface area contributed by atoms with E-state index in [2.05, 4.69) is 16.5 Å². The first-order chi connectivity index (χ1) is 13.4. The Morgan fingerprint density at radius 1 is 1.21 bits per heavy atom. The van der Waals surface area contributed by atoms with Crippen molar-refractivity contribution in [1.29, 1.82) is 0 Å². The number of hydrogen-bond acceptors (Lipinski definition) is 4. The van der Waals surface area contributed by atoms with E-state index in [9.17, 15) is 13.4 Å². The van der Waals surface area contributed by atoms with Gasteiger partial charge < -0.3 is 9.64 Å². The van der Waals surface area contributed by atoms with Gasteiger partial charge in [0.2, 0.25) is 0 Å². The number of nitrogens with zero attached hydrogens (tertiary/aromatic N) is 1. The van der Waals surface area contributed by atoms with Crippen molar-refractivity contribution >= 4 is 17.0 Å². The zero-order valence-corrected chi connectivity index (χ0v) is 16.8. The molecule has 0 saturated carbocycles. The Balaban J connectivity index is 1.80. The minimum absolute atomic E-state index is 0.235. The minimum Gasteiger partial charge on any atom is -0.459 e. The summed E-state index contributed by atoms with van der Waals surface area (Å²) in [6.45, 7) is 3.69. The Bertz CT molecular complexity index is 816. The number of likely N-dealkylation sites (tertiary alicyclic amines) is 1. The lowest BCUT2D eigenvalue weighted by molar-refractivity contribution is -0.156. The number of benzene rings is 2. The van der Waals surface area contributed by atoms with Gasteiger partial charge in [0.25, 0.3) is 0 Å². The number of piperidine rings is 1. The summed E-state index contributed by atoms with van der Waals surface area (Å²) in [6, 6.07) is 13.4. The monoisotopic (exact) mass is 404 g/mol. The molecule has 0 aromatic heterocycles. The first kappa shape index (κ1) is 20.6. The van der Waals surface area contributed by atoms with E-state index in [4.69, 9.17) is 4.74 Å². The molecule has 150 valence electrons. The summed E-state index contributed by atoms with van der Waals surface area (Å²) in [6.07, 6.45) is 0.708. The number of hydrogen-bond donors (Lipinski definition) is 1. The second-order valence-electron chi connectivity index (χ2n) is 7.19.